The van der Waals surface area contributed by atoms with Crippen LogP contribution in [0.3, 0.4) is 0 Å². The van der Waals surface area contributed by atoms with Crippen LogP contribution in [0.5, 0.6) is 0 Å². The molecule has 0 spiro atoms. The first-order valence-corrected chi connectivity index (χ1v) is 29.5. The molecule has 0 aromatic carbocycles. The van der Waals surface area contributed by atoms with E-state index < -0.39 is 61.5 Å². The van der Waals surface area contributed by atoms with Crippen molar-refractivity contribution < 1.29 is 44.9 Å². The highest BCUT2D eigenvalue weighted by Crippen LogP contribution is 2.23. The van der Waals surface area contributed by atoms with Crippen molar-refractivity contribution in [3.63, 3.8) is 0 Å². The Hall–Kier alpha value is -1.11. The lowest BCUT2D eigenvalue weighted by Gasteiger charge is -2.40. The van der Waals surface area contributed by atoms with Gasteiger partial charge in [-0.2, -0.15) is 0 Å². The van der Waals surface area contributed by atoms with E-state index in [1.165, 1.54) is 218 Å². The lowest BCUT2D eigenvalue weighted by Crippen LogP contribution is -2.60. The van der Waals surface area contributed by atoms with Gasteiger partial charge in [-0.25, -0.2) is 0 Å². The molecule has 0 radical (unpaired) electrons. The highest BCUT2D eigenvalue weighted by Gasteiger charge is 2.44. The number of hydrogen-bond donors (Lipinski definition) is 7. The number of amides is 1. The number of hydrogen-bond acceptors (Lipinski definition) is 9. The third-order valence-corrected chi connectivity index (χ3v) is 14.5. The van der Waals surface area contributed by atoms with Crippen LogP contribution in [0.4, 0.5) is 0 Å². The smallest absolute Gasteiger partial charge is 0.249 e. The van der Waals surface area contributed by atoms with E-state index in [0.717, 1.165) is 44.9 Å². The van der Waals surface area contributed by atoms with Crippen LogP contribution in [0.15, 0.2) is 12.2 Å². The molecule has 404 valence electrons. The predicted molar refractivity (Wildman–Crippen MR) is 283 cm³/mol. The summed E-state index contributed by atoms with van der Waals surface area (Å²) in [6.45, 7) is 3.69. The summed E-state index contributed by atoms with van der Waals surface area (Å²) in [4.78, 5) is 13.1. The van der Waals surface area contributed by atoms with Crippen LogP contribution >= 0.6 is 0 Å². The quantitative estimate of drug-likeness (QED) is 0.0232. The Morgan fingerprint density at radius 3 is 1.19 bits per heavy atom. The number of nitrogens with one attached hydrogen (secondary N) is 1. The third kappa shape index (κ3) is 36.8. The molecule has 1 rings (SSSR count). The molecule has 0 aliphatic carbocycles. The molecule has 0 aromatic heterocycles. The van der Waals surface area contributed by atoms with Gasteiger partial charge < -0.3 is 45.4 Å². The number of allylic oxidation sites excluding steroid dienone is 2. The van der Waals surface area contributed by atoms with Gasteiger partial charge in [-0.3, -0.25) is 4.79 Å². The van der Waals surface area contributed by atoms with Crippen molar-refractivity contribution in [2.24, 2.45) is 0 Å². The van der Waals surface area contributed by atoms with Crippen molar-refractivity contribution >= 4 is 5.91 Å². The molecule has 8 unspecified atom stereocenters. The van der Waals surface area contributed by atoms with Gasteiger partial charge in [0.05, 0.1) is 25.4 Å². The predicted octanol–water partition coefficient (Wildman–Crippen LogP) is 13.4. The van der Waals surface area contributed by atoms with Crippen molar-refractivity contribution in [1.29, 1.82) is 0 Å². The van der Waals surface area contributed by atoms with Crippen LogP contribution in [0, 0.1) is 0 Å². The fourth-order valence-electron chi connectivity index (χ4n) is 9.70. The summed E-state index contributed by atoms with van der Waals surface area (Å²) < 4.78 is 11.2. The standard InChI is InChI=1S/C58H113NO9/c1-3-5-7-9-11-13-15-16-17-18-19-20-21-22-23-24-25-26-27-28-29-30-31-32-33-34-35-37-39-41-43-45-47-52(62)57(66)59-50(49-67-58-56(65)55(64)54(63)53(48-60)68-58)51(61)46-44-42-40-38-36-14-12-10-8-6-4-2/h22-23,50-56,58,60-65H,3-21,24-49H2,1-2H3,(H,59,66)/b23-22-. The Kier molecular flexibility index (Phi) is 46.0. The molecule has 1 heterocycles. The zero-order chi connectivity index (χ0) is 49.6. The molecule has 68 heavy (non-hydrogen) atoms. The zero-order valence-corrected chi connectivity index (χ0v) is 44.5. The number of aliphatic hydroxyl groups is 6. The van der Waals surface area contributed by atoms with Crippen molar-refractivity contribution in [2.45, 2.75) is 339 Å². The fraction of sp³-hybridized carbons (Fsp3) is 0.948. The molecular formula is C58H113NO9. The number of aliphatic hydroxyl groups excluding tert-OH is 6. The minimum absolute atomic E-state index is 0.252. The number of unbranched alkanes of at least 4 members (excludes halogenated alkanes) is 38. The molecule has 1 saturated heterocycles. The van der Waals surface area contributed by atoms with Gasteiger partial charge in [0, 0.05) is 0 Å². The van der Waals surface area contributed by atoms with Crippen LogP contribution in [0.2, 0.25) is 0 Å². The van der Waals surface area contributed by atoms with Crippen LogP contribution < -0.4 is 5.32 Å². The maximum atomic E-state index is 13.1. The first kappa shape index (κ1) is 64.9. The van der Waals surface area contributed by atoms with Crippen LogP contribution in [-0.4, -0.2) is 98.7 Å². The van der Waals surface area contributed by atoms with Crippen molar-refractivity contribution in [3.8, 4) is 0 Å². The number of rotatable bonds is 51. The summed E-state index contributed by atoms with van der Waals surface area (Å²) >= 11 is 0. The fourth-order valence-corrected chi connectivity index (χ4v) is 9.70. The highest BCUT2D eigenvalue weighted by atomic mass is 16.7. The minimum Gasteiger partial charge on any atom is -0.394 e. The van der Waals surface area contributed by atoms with Gasteiger partial charge >= 0.3 is 0 Å². The summed E-state index contributed by atoms with van der Waals surface area (Å²) in [5.41, 5.74) is 0. The van der Waals surface area contributed by atoms with Crippen molar-refractivity contribution in [3.05, 3.63) is 12.2 Å². The SMILES string of the molecule is CCCCCCCCCCCCCC/C=C\CCCCCCCCCCCCCCCCCCC(O)C(=O)NC(COC1OC(CO)C(O)C(O)C1O)C(O)CCCCCCCCCCCCC. The van der Waals surface area contributed by atoms with E-state index in [0.29, 0.717) is 12.8 Å². The maximum absolute atomic E-state index is 13.1. The average Bonchev–Trinajstić information content (AvgIpc) is 3.34. The summed E-state index contributed by atoms with van der Waals surface area (Å²) in [5, 5.41) is 65.0. The van der Waals surface area contributed by atoms with E-state index in [1.807, 2.05) is 0 Å². The average molecular weight is 969 g/mol. The Morgan fingerprint density at radius 1 is 0.485 bits per heavy atom. The molecule has 1 fully saturated rings. The first-order valence-electron chi connectivity index (χ1n) is 29.5. The maximum Gasteiger partial charge on any atom is 0.249 e. The van der Waals surface area contributed by atoms with E-state index >= 15 is 0 Å². The molecule has 10 heteroatoms. The third-order valence-electron chi connectivity index (χ3n) is 14.5. The van der Waals surface area contributed by atoms with E-state index in [9.17, 15) is 35.4 Å². The second-order valence-corrected chi connectivity index (χ2v) is 20.9. The van der Waals surface area contributed by atoms with Gasteiger partial charge in [-0.1, -0.05) is 264 Å². The summed E-state index contributed by atoms with van der Waals surface area (Å²) in [7, 11) is 0. The van der Waals surface area contributed by atoms with Gasteiger partial charge in [0.2, 0.25) is 5.91 Å². The minimum atomic E-state index is -1.59. The number of ether oxygens (including phenoxy) is 2. The molecule has 1 aliphatic heterocycles. The normalized spacial score (nSPS) is 20.0. The van der Waals surface area contributed by atoms with Crippen LogP contribution in [-0.2, 0) is 14.3 Å². The molecule has 0 aromatic rings. The zero-order valence-electron chi connectivity index (χ0n) is 44.5. The summed E-state index contributed by atoms with van der Waals surface area (Å²) in [6.07, 6.45) is 48.8. The molecule has 1 aliphatic rings. The topological polar surface area (TPSA) is 169 Å². The molecule has 10 nitrogen and oxygen atoms in total. The van der Waals surface area contributed by atoms with Gasteiger partial charge in [0.15, 0.2) is 6.29 Å². The Labute approximate surface area is 419 Å². The van der Waals surface area contributed by atoms with Crippen LogP contribution in [0.1, 0.15) is 290 Å². The van der Waals surface area contributed by atoms with Gasteiger partial charge in [-0.05, 0) is 38.5 Å². The monoisotopic (exact) mass is 968 g/mol. The molecule has 1 amide bonds. The lowest BCUT2D eigenvalue weighted by atomic mass is 9.99. The van der Waals surface area contributed by atoms with Crippen LogP contribution in [0.25, 0.3) is 0 Å². The van der Waals surface area contributed by atoms with Gasteiger partial charge in [0.25, 0.3) is 0 Å². The second-order valence-electron chi connectivity index (χ2n) is 20.9. The largest absolute Gasteiger partial charge is 0.394 e. The van der Waals surface area contributed by atoms with Crippen molar-refractivity contribution in [2.75, 3.05) is 13.2 Å². The second kappa shape index (κ2) is 48.2. The molecule has 0 saturated carbocycles. The Bertz CT molecular complexity index is 1090. The summed E-state index contributed by atoms with van der Waals surface area (Å²) in [6, 6.07) is -0.890. The van der Waals surface area contributed by atoms with E-state index in [1.54, 1.807) is 0 Å². The van der Waals surface area contributed by atoms with E-state index in [2.05, 4.69) is 31.3 Å². The summed E-state index contributed by atoms with van der Waals surface area (Å²) in [5.74, 6) is -0.580. The van der Waals surface area contributed by atoms with E-state index in [-0.39, 0.29) is 6.61 Å². The number of carbonyl (C=O) groups is 1. The Balaban J connectivity index is 2.11. The highest BCUT2D eigenvalue weighted by molar-refractivity contribution is 5.80. The van der Waals surface area contributed by atoms with Gasteiger partial charge in [0.1, 0.15) is 30.5 Å². The Morgan fingerprint density at radius 2 is 0.824 bits per heavy atom. The molecule has 7 N–H and O–H groups in total. The molecular weight excluding hydrogens is 855 g/mol. The first-order chi connectivity index (χ1) is 33.3. The van der Waals surface area contributed by atoms with Crippen molar-refractivity contribution in [1.82, 2.24) is 5.32 Å². The molecule has 8 atom stereocenters. The van der Waals surface area contributed by atoms with Gasteiger partial charge in [-0.15, -0.1) is 0 Å². The lowest BCUT2D eigenvalue weighted by molar-refractivity contribution is -0.302. The molecule has 0 bridgehead atoms. The van der Waals surface area contributed by atoms with E-state index in [4.69, 9.17) is 9.47 Å². The number of carbonyl (C=O) groups excluding carboxylic acids is 1.